The molecular formula is C14H17ClN2O2. The first-order valence-electron chi connectivity index (χ1n) is 6.18. The Bertz CT molecular complexity index is 483. The lowest BCUT2D eigenvalue weighted by atomic mass is 10.0. The van der Waals surface area contributed by atoms with Gasteiger partial charge in [0.1, 0.15) is 6.07 Å². The highest BCUT2D eigenvalue weighted by molar-refractivity contribution is 6.30. The van der Waals surface area contributed by atoms with Crippen molar-refractivity contribution in [3.8, 4) is 6.07 Å². The van der Waals surface area contributed by atoms with E-state index >= 15 is 0 Å². The van der Waals surface area contributed by atoms with Gasteiger partial charge in [0.15, 0.2) is 0 Å². The molecule has 1 aromatic rings. The average molecular weight is 281 g/mol. The van der Waals surface area contributed by atoms with Gasteiger partial charge in [0.25, 0.3) is 0 Å². The summed E-state index contributed by atoms with van der Waals surface area (Å²) < 4.78 is 0. The molecule has 0 spiro atoms. The molecule has 1 rings (SSSR count). The van der Waals surface area contributed by atoms with E-state index in [1.165, 1.54) is 0 Å². The highest BCUT2D eigenvalue weighted by Crippen LogP contribution is 2.21. The Balaban J connectivity index is 2.43. The number of aliphatic carboxylic acids is 1. The van der Waals surface area contributed by atoms with Crippen LogP contribution in [0.3, 0.4) is 0 Å². The van der Waals surface area contributed by atoms with Gasteiger partial charge in [-0.1, -0.05) is 18.5 Å². The van der Waals surface area contributed by atoms with Crippen LogP contribution in [0.15, 0.2) is 18.2 Å². The van der Waals surface area contributed by atoms with Crippen molar-refractivity contribution < 1.29 is 9.90 Å². The molecule has 0 aliphatic rings. The maximum Gasteiger partial charge on any atom is 0.303 e. The molecule has 19 heavy (non-hydrogen) atoms. The van der Waals surface area contributed by atoms with Gasteiger partial charge < -0.3 is 10.4 Å². The molecule has 0 fully saturated rings. The Morgan fingerprint density at radius 2 is 2.26 bits per heavy atom. The van der Waals surface area contributed by atoms with E-state index in [1.807, 2.05) is 6.92 Å². The van der Waals surface area contributed by atoms with Crippen LogP contribution in [0.4, 0.5) is 5.69 Å². The topological polar surface area (TPSA) is 73.1 Å². The molecule has 4 nitrogen and oxygen atoms in total. The number of nitrogens with one attached hydrogen (secondary N) is 1. The molecule has 1 unspecified atom stereocenters. The van der Waals surface area contributed by atoms with Gasteiger partial charge in [0.2, 0.25) is 0 Å². The maximum atomic E-state index is 10.5. The highest BCUT2D eigenvalue weighted by atomic mass is 35.5. The summed E-state index contributed by atoms with van der Waals surface area (Å²) in [5.74, 6) is -0.435. The van der Waals surface area contributed by atoms with Crippen molar-refractivity contribution in [3.05, 3.63) is 28.8 Å². The minimum atomic E-state index is -0.763. The standard InChI is InChI=1S/C14H17ClN2O2/c1-10(2-5-14(18)19)6-7-17-13-8-12(15)4-3-11(13)9-16/h3-4,8,10,17H,2,5-7H2,1H3,(H,18,19). The summed E-state index contributed by atoms with van der Waals surface area (Å²) >= 11 is 5.89. The first-order valence-corrected chi connectivity index (χ1v) is 6.56. The van der Waals surface area contributed by atoms with E-state index in [1.54, 1.807) is 18.2 Å². The Kier molecular flexibility index (Phi) is 6.17. The highest BCUT2D eigenvalue weighted by Gasteiger charge is 2.07. The smallest absolute Gasteiger partial charge is 0.303 e. The second-order valence-electron chi connectivity index (χ2n) is 4.55. The normalized spacial score (nSPS) is 11.6. The SMILES string of the molecule is CC(CCNc1cc(Cl)ccc1C#N)CCC(=O)O. The van der Waals surface area contributed by atoms with E-state index in [4.69, 9.17) is 22.0 Å². The lowest BCUT2D eigenvalue weighted by Gasteiger charge is -2.12. The number of halogens is 1. The minimum absolute atomic E-state index is 0.196. The number of carboxylic acids is 1. The van der Waals surface area contributed by atoms with Crippen LogP contribution in [-0.4, -0.2) is 17.6 Å². The molecule has 1 aromatic carbocycles. The van der Waals surface area contributed by atoms with Gasteiger partial charge in [-0.05, 0) is 37.0 Å². The van der Waals surface area contributed by atoms with E-state index in [0.29, 0.717) is 29.5 Å². The van der Waals surface area contributed by atoms with E-state index < -0.39 is 5.97 Å². The predicted octanol–water partition coefficient (Wildman–Crippen LogP) is 3.51. The Morgan fingerprint density at radius 3 is 2.89 bits per heavy atom. The molecule has 0 saturated carbocycles. The summed E-state index contributed by atoms with van der Waals surface area (Å²) in [4.78, 5) is 10.5. The number of carbonyl (C=O) groups is 1. The fraction of sp³-hybridized carbons (Fsp3) is 0.429. The average Bonchev–Trinajstić information content (AvgIpc) is 2.36. The molecule has 1 atom stereocenters. The predicted molar refractivity (Wildman–Crippen MR) is 75.3 cm³/mol. The van der Waals surface area contributed by atoms with Crippen molar-refractivity contribution in [3.63, 3.8) is 0 Å². The lowest BCUT2D eigenvalue weighted by Crippen LogP contribution is -2.09. The van der Waals surface area contributed by atoms with Crippen LogP contribution in [0.1, 0.15) is 31.7 Å². The van der Waals surface area contributed by atoms with Gasteiger partial charge in [-0.2, -0.15) is 5.26 Å². The van der Waals surface area contributed by atoms with E-state index in [0.717, 1.165) is 12.1 Å². The van der Waals surface area contributed by atoms with Crippen molar-refractivity contribution >= 4 is 23.3 Å². The Hall–Kier alpha value is -1.73. The first kappa shape index (κ1) is 15.3. The minimum Gasteiger partial charge on any atom is -0.481 e. The summed E-state index contributed by atoms with van der Waals surface area (Å²) in [5, 5.41) is 21.3. The van der Waals surface area contributed by atoms with Crippen LogP contribution >= 0.6 is 11.6 Å². The fourth-order valence-electron chi connectivity index (χ4n) is 1.73. The van der Waals surface area contributed by atoms with Crippen molar-refractivity contribution in [2.75, 3.05) is 11.9 Å². The fourth-order valence-corrected chi connectivity index (χ4v) is 1.90. The van der Waals surface area contributed by atoms with Gasteiger partial charge in [0.05, 0.1) is 11.3 Å². The lowest BCUT2D eigenvalue weighted by molar-refractivity contribution is -0.137. The molecule has 0 amide bonds. The van der Waals surface area contributed by atoms with E-state index in [-0.39, 0.29) is 6.42 Å². The molecule has 0 saturated heterocycles. The second-order valence-corrected chi connectivity index (χ2v) is 4.99. The van der Waals surface area contributed by atoms with Gasteiger partial charge in [0, 0.05) is 18.0 Å². The number of hydrogen-bond acceptors (Lipinski definition) is 3. The number of rotatable bonds is 7. The number of hydrogen-bond donors (Lipinski definition) is 2. The second kappa shape index (κ2) is 7.65. The number of carboxylic acid groups (broad SMARTS) is 1. The summed E-state index contributed by atoms with van der Waals surface area (Å²) in [6, 6.07) is 7.19. The Morgan fingerprint density at radius 1 is 1.53 bits per heavy atom. The van der Waals surface area contributed by atoms with Crippen LogP contribution < -0.4 is 5.32 Å². The molecule has 2 N–H and O–H groups in total. The zero-order valence-corrected chi connectivity index (χ0v) is 11.6. The molecule has 0 radical (unpaired) electrons. The number of benzene rings is 1. The first-order chi connectivity index (χ1) is 9.02. The molecule has 5 heteroatoms. The quantitative estimate of drug-likeness (QED) is 0.801. The van der Waals surface area contributed by atoms with Crippen LogP contribution in [0.25, 0.3) is 0 Å². The zero-order valence-electron chi connectivity index (χ0n) is 10.8. The molecule has 0 aromatic heterocycles. The number of nitriles is 1. The molecule has 0 bridgehead atoms. The van der Waals surface area contributed by atoms with Crippen molar-refractivity contribution in [1.29, 1.82) is 5.26 Å². The van der Waals surface area contributed by atoms with Crippen molar-refractivity contribution in [2.45, 2.75) is 26.2 Å². The van der Waals surface area contributed by atoms with E-state index in [9.17, 15) is 4.79 Å². The maximum absolute atomic E-state index is 10.5. The molecular weight excluding hydrogens is 264 g/mol. The number of anilines is 1. The third kappa shape index (κ3) is 5.62. The summed E-state index contributed by atoms with van der Waals surface area (Å²) in [6.07, 6.45) is 1.71. The molecule has 102 valence electrons. The van der Waals surface area contributed by atoms with Crippen molar-refractivity contribution in [2.24, 2.45) is 5.92 Å². The molecule has 0 heterocycles. The zero-order chi connectivity index (χ0) is 14.3. The van der Waals surface area contributed by atoms with E-state index in [2.05, 4.69) is 11.4 Å². The largest absolute Gasteiger partial charge is 0.481 e. The van der Waals surface area contributed by atoms with Crippen molar-refractivity contribution in [1.82, 2.24) is 0 Å². The van der Waals surface area contributed by atoms with Gasteiger partial charge in [-0.25, -0.2) is 0 Å². The third-order valence-corrected chi connectivity index (χ3v) is 3.14. The summed E-state index contributed by atoms with van der Waals surface area (Å²) in [6.45, 7) is 2.71. The van der Waals surface area contributed by atoms with Gasteiger partial charge >= 0.3 is 5.97 Å². The number of nitrogens with zero attached hydrogens (tertiary/aromatic N) is 1. The third-order valence-electron chi connectivity index (χ3n) is 2.91. The molecule has 0 aliphatic heterocycles. The van der Waals surface area contributed by atoms with Crippen LogP contribution in [-0.2, 0) is 4.79 Å². The van der Waals surface area contributed by atoms with Gasteiger partial charge in [-0.3, -0.25) is 4.79 Å². The summed E-state index contributed by atoms with van der Waals surface area (Å²) in [5.41, 5.74) is 1.28. The summed E-state index contributed by atoms with van der Waals surface area (Å²) in [7, 11) is 0. The Labute approximate surface area is 118 Å². The van der Waals surface area contributed by atoms with Crippen LogP contribution in [0.2, 0.25) is 5.02 Å². The van der Waals surface area contributed by atoms with Gasteiger partial charge in [-0.15, -0.1) is 0 Å². The van der Waals surface area contributed by atoms with Crippen LogP contribution in [0, 0.1) is 17.2 Å². The monoisotopic (exact) mass is 280 g/mol. The molecule has 0 aliphatic carbocycles. The van der Waals surface area contributed by atoms with Crippen LogP contribution in [0.5, 0.6) is 0 Å².